The Labute approximate surface area is 88.0 Å². The first-order valence-electron chi connectivity index (χ1n) is 4.80. The van der Waals surface area contributed by atoms with Gasteiger partial charge in [-0.3, -0.25) is 0 Å². The maximum Gasteiger partial charge on any atom is 0.0357 e. The summed E-state index contributed by atoms with van der Waals surface area (Å²) in [5.74, 6) is 0. The third-order valence-electron chi connectivity index (χ3n) is 2.11. The Bertz CT molecular complexity index is 301. The molecule has 2 nitrogen and oxygen atoms in total. The van der Waals surface area contributed by atoms with Crippen molar-refractivity contribution in [1.29, 1.82) is 0 Å². The average Bonchev–Trinajstić information content (AvgIpc) is 2.86. The lowest BCUT2D eigenvalue weighted by molar-refractivity contribution is 0.681. The van der Waals surface area contributed by atoms with Crippen molar-refractivity contribution in [3.63, 3.8) is 0 Å². The Morgan fingerprint density at radius 2 is 2.29 bits per heavy atom. The fraction of sp³-hybridized carbons (Fsp3) is 0.273. The van der Waals surface area contributed by atoms with Crippen LogP contribution in [0.2, 0.25) is 0 Å². The molecule has 74 valence electrons. The van der Waals surface area contributed by atoms with Gasteiger partial charge in [0.1, 0.15) is 0 Å². The van der Waals surface area contributed by atoms with Gasteiger partial charge in [0.15, 0.2) is 0 Å². The molecule has 2 aromatic rings. The van der Waals surface area contributed by atoms with Gasteiger partial charge in [-0.2, -0.15) is 0 Å². The van der Waals surface area contributed by atoms with E-state index in [9.17, 15) is 0 Å². The zero-order valence-corrected chi connectivity index (χ0v) is 8.81. The first-order chi connectivity index (χ1) is 6.95. The van der Waals surface area contributed by atoms with Crippen molar-refractivity contribution in [1.82, 2.24) is 10.3 Å². The first kappa shape index (κ1) is 9.49. The molecule has 0 aliphatic heterocycles. The van der Waals surface area contributed by atoms with Gasteiger partial charge < -0.3 is 10.3 Å². The van der Waals surface area contributed by atoms with E-state index in [1.165, 1.54) is 10.6 Å². The van der Waals surface area contributed by atoms with E-state index in [0.29, 0.717) is 0 Å². The molecule has 0 aliphatic rings. The second kappa shape index (κ2) is 4.98. The van der Waals surface area contributed by atoms with Crippen LogP contribution in [0.3, 0.4) is 0 Å². The maximum absolute atomic E-state index is 3.40. The third kappa shape index (κ3) is 2.72. The number of thiophene rings is 1. The number of nitrogens with one attached hydrogen (secondary N) is 2. The minimum atomic E-state index is 0.929. The molecule has 0 radical (unpaired) electrons. The van der Waals surface area contributed by atoms with Crippen molar-refractivity contribution in [2.45, 2.75) is 13.0 Å². The summed E-state index contributed by atoms with van der Waals surface area (Å²) < 4.78 is 0. The summed E-state index contributed by atoms with van der Waals surface area (Å²) in [6.45, 7) is 1.97. The van der Waals surface area contributed by atoms with Crippen LogP contribution in [-0.4, -0.2) is 11.5 Å². The number of aromatic amines is 1. The van der Waals surface area contributed by atoms with Gasteiger partial charge >= 0.3 is 0 Å². The molecule has 3 heteroatoms. The molecule has 2 N–H and O–H groups in total. The van der Waals surface area contributed by atoms with Gasteiger partial charge in [0.25, 0.3) is 0 Å². The fourth-order valence-electron chi connectivity index (χ4n) is 1.37. The monoisotopic (exact) mass is 206 g/mol. The molecule has 0 saturated carbocycles. The molecule has 2 aromatic heterocycles. The molecule has 14 heavy (non-hydrogen) atoms. The molecule has 0 saturated heterocycles. The summed E-state index contributed by atoms with van der Waals surface area (Å²) in [4.78, 5) is 4.62. The number of aromatic nitrogens is 1. The molecule has 2 heterocycles. The van der Waals surface area contributed by atoms with Crippen LogP contribution in [0.1, 0.15) is 10.6 Å². The number of hydrogen-bond acceptors (Lipinski definition) is 2. The van der Waals surface area contributed by atoms with Crippen LogP contribution in [-0.2, 0) is 13.0 Å². The Hall–Kier alpha value is -1.06. The fourth-order valence-corrected chi connectivity index (χ4v) is 2.08. The SMILES string of the molecule is c1c[nH]c(CNCCc2cccs2)c1. The van der Waals surface area contributed by atoms with E-state index in [1.807, 2.05) is 23.6 Å². The standard InChI is InChI=1S/C11H14N2S/c1-3-10(13-6-1)9-12-7-5-11-4-2-8-14-11/h1-4,6,8,12-13H,5,7,9H2. The van der Waals surface area contributed by atoms with Crippen molar-refractivity contribution in [2.24, 2.45) is 0 Å². The molecule has 2 rings (SSSR count). The maximum atomic E-state index is 3.40. The molecule has 0 amide bonds. The van der Waals surface area contributed by atoms with Crippen LogP contribution in [0.5, 0.6) is 0 Å². The lowest BCUT2D eigenvalue weighted by Gasteiger charge is -2.01. The van der Waals surface area contributed by atoms with Gasteiger partial charge in [0.2, 0.25) is 0 Å². The summed E-state index contributed by atoms with van der Waals surface area (Å²) in [5, 5.41) is 5.53. The first-order valence-corrected chi connectivity index (χ1v) is 5.68. The highest BCUT2D eigenvalue weighted by Gasteiger charge is 1.94. The summed E-state index contributed by atoms with van der Waals surface area (Å²) in [5.41, 5.74) is 1.25. The highest BCUT2D eigenvalue weighted by atomic mass is 32.1. The third-order valence-corrected chi connectivity index (χ3v) is 3.04. The molecule has 0 bridgehead atoms. The molecule has 0 fully saturated rings. The molecule has 0 atom stereocenters. The lowest BCUT2D eigenvalue weighted by Crippen LogP contribution is -2.16. The van der Waals surface area contributed by atoms with Crippen LogP contribution in [0, 0.1) is 0 Å². The van der Waals surface area contributed by atoms with Crippen molar-refractivity contribution in [3.8, 4) is 0 Å². The molecular formula is C11H14N2S. The Kier molecular flexibility index (Phi) is 3.38. The topological polar surface area (TPSA) is 27.8 Å². The predicted molar refractivity (Wildman–Crippen MR) is 60.5 cm³/mol. The van der Waals surface area contributed by atoms with Gasteiger partial charge in [-0.15, -0.1) is 11.3 Å². The van der Waals surface area contributed by atoms with E-state index < -0.39 is 0 Å². The lowest BCUT2D eigenvalue weighted by atomic mass is 10.3. The van der Waals surface area contributed by atoms with E-state index in [4.69, 9.17) is 0 Å². The van der Waals surface area contributed by atoms with Crippen LogP contribution in [0.15, 0.2) is 35.8 Å². The largest absolute Gasteiger partial charge is 0.364 e. The number of H-pyrrole nitrogens is 1. The predicted octanol–water partition coefficient (Wildman–Crippen LogP) is 2.41. The molecule has 0 spiro atoms. The number of rotatable bonds is 5. The smallest absolute Gasteiger partial charge is 0.0357 e. The summed E-state index contributed by atoms with van der Waals surface area (Å²) in [6.07, 6.45) is 3.08. The van der Waals surface area contributed by atoms with E-state index >= 15 is 0 Å². The summed E-state index contributed by atoms with van der Waals surface area (Å²) in [7, 11) is 0. The average molecular weight is 206 g/mol. The van der Waals surface area contributed by atoms with E-state index in [0.717, 1.165) is 19.5 Å². The Balaban J connectivity index is 1.65. The zero-order chi connectivity index (χ0) is 9.64. The van der Waals surface area contributed by atoms with Crippen molar-refractivity contribution >= 4 is 11.3 Å². The van der Waals surface area contributed by atoms with E-state index in [-0.39, 0.29) is 0 Å². The van der Waals surface area contributed by atoms with Gasteiger partial charge in [0, 0.05) is 29.9 Å². The molecule has 0 aromatic carbocycles. The second-order valence-corrected chi connectivity index (χ2v) is 4.23. The van der Waals surface area contributed by atoms with Gasteiger partial charge in [0.05, 0.1) is 0 Å². The van der Waals surface area contributed by atoms with Crippen molar-refractivity contribution < 1.29 is 0 Å². The highest BCUT2D eigenvalue weighted by Crippen LogP contribution is 2.08. The van der Waals surface area contributed by atoms with E-state index in [1.54, 1.807) is 0 Å². The van der Waals surface area contributed by atoms with Gasteiger partial charge in [-0.1, -0.05) is 6.07 Å². The Morgan fingerprint density at radius 1 is 1.29 bits per heavy atom. The molecule has 0 aliphatic carbocycles. The zero-order valence-electron chi connectivity index (χ0n) is 7.99. The van der Waals surface area contributed by atoms with Crippen LogP contribution in [0.4, 0.5) is 0 Å². The highest BCUT2D eigenvalue weighted by molar-refractivity contribution is 7.09. The molecular weight excluding hydrogens is 192 g/mol. The summed E-state index contributed by atoms with van der Waals surface area (Å²) >= 11 is 1.82. The minimum absolute atomic E-state index is 0.929. The molecule has 0 unspecified atom stereocenters. The van der Waals surface area contributed by atoms with Crippen molar-refractivity contribution in [2.75, 3.05) is 6.54 Å². The van der Waals surface area contributed by atoms with Crippen LogP contribution in [0.25, 0.3) is 0 Å². The Morgan fingerprint density at radius 3 is 3.00 bits per heavy atom. The minimum Gasteiger partial charge on any atom is -0.364 e. The van der Waals surface area contributed by atoms with E-state index in [2.05, 4.69) is 33.9 Å². The quantitative estimate of drug-likeness (QED) is 0.722. The second-order valence-electron chi connectivity index (χ2n) is 3.20. The van der Waals surface area contributed by atoms with Gasteiger partial charge in [-0.25, -0.2) is 0 Å². The normalized spacial score (nSPS) is 10.6. The van der Waals surface area contributed by atoms with Crippen LogP contribution < -0.4 is 5.32 Å². The van der Waals surface area contributed by atoms with Crippen molar-refractivity contribution in [3.05, 3.63) is 46.4 Å². The van der Waals surface area contributed by atoms with Gasteiger partial charge in [-0.05, 0) is 30.0 Å². The van der Waals surface area contributed by atoms with Crippen LogP contribution >= 0.6 is 11.3 Å². The number of hydrogen-bond donors (Lipinski definition) is 2. The summed E-state index contributed by atoms with van der Waals surface area (Å²) in [6, 6.07) is 8.40.